The molecule has 1 aliphatic rings. The van der Waals surface area contributed by atoms with Crippen molar-refractivity contribution in [1.82, 2.24) is 19.0 Å². The molecule has 8 heteroatoms. The highest BCUT2D eigenvalue weighted by molar-refractivity contribution is 7.89. The van der Waals surface area contributed by atoms with E-state index >= 15 is 0 Å². The van der Waals surface area contributed by atoms with Gasteiger partial charge in [-0.05, 0) is 61.7 Å². The van der Waals surface area contributed by atoms with E-state index in [0.29, 0.717) is 25.2 Å². The number of sulfonamides is 1. The number of amides is 1. The number of nitrogens with one attached hydrogen (secondary N) is 1. The van der Waals surface area contributed by atoms with Gasteiger partial charge in [-0.25, -0.2) is 13.4 Å². The summed E-state index contributed by atoms with van der Waals surface area (Å²) in [4.78, 5) is 17.1. The van der Waals surface area contributed by atoms with Crippen molar-refractivity contribution in [3.05, 3.63) is 65.6 Å². The summed E-state index contributed by atoms with van der Waals surface area (Å²) in [5.74, 6) is -0.265. The minimum Gasteiger partial charge on any atom is -0.346 e. The fourth-order valence-electron chi connectivity index (χ4n) is 3.35. The summed E-state index contributed by atoms with van der Waals surface area (Å²) in [6.07, 6.45) is 5.59. The molecule has 0 saturated carbocycles. The second-order valence-corrected chi connectivity index (χ2v) is 8.96. The molecule has 2 aromatic heterocycles. The molecule has 0 unspecified atom stereocenters. The summed E-state index contributed by atoms with van der Waals surface area (Å²) in [5, 5.41) is 2.83. The average molecular weight is 398 g/mol. The molecule has 7 nitrogen and oxygen atoms in total. The smallest absolute Gasteiger partial charge is 0.251 e. The molecule has 0 bridgehead atoms. The minimum atomic E-state index is -3.47. The maximum absolute atomic E-state index is 12.6. The first-order valence-electron chi connectivity index (χ1n) is 9.26. The summed E-state index contributed by atoms with van der Waals surface area (Å²) in [6.45, 7) is 3.42. The van der Waals surface area contributed by atoms with Gasteiger partial charge in [-0.2, -0.15) is 4.31 Å². The Labute approximate surface area is 164 Å². The van der Waals surface area contributed by atoms with Crippen molar-refractivity contribution in [2.45, 2.75) is 31.2 Å². The summed E-state index contributed by atoms with van der Waals surface area (Å²) in [6, 6.07) is 10.1. The first-order valence-corrected chi connectivity index (χ1v) is 10.7. The number of rotatable bonds is 5. The molecule has 1 saturated heterocycles. The Morgan fingerprint density at radius 1 is 1.14 bits per heavy atom. The van der Waals surface area contributed by atoms with Gasteiger partial charge in [0.25, 0.3) is 5.91 Å². The Hall–Kier alpha value is -2.71. The number of carbonyl (C=O) groups is 1. The van der Waals surface area contributed by atoms with Crippen LogP contribution in [0.5, 0.6) is 0 Å². The highest BCUT2D eigenvalue weighted by atomic mass is 32.2. The Morgan fingerprint density at radius 2 is 1.86 bits per heavy atom. The van der Waals surface area contributed by atoms with Crippen LogP contribution in [-0.2, 0) is 16.6 Å². The Bertz CT molecular complexity index is 1110. The number of pyridine rings is 1. The maximum atomic E-state index is 12.6. The third kappa shape index (κ3) is 3.65. The first kappa shape index (κ1) is 18.6. The van der Waals surface area contributed by atoms with Crippen LogP contribution >= 0.6 is 0 Å². The summed E-state index contributed by atoms with van der Waals surface area (Å²) in [5.41, 5.74) is 3.13. The molecule has 1 aromatic carbocycles. The van der Waals surface area contributed by atoms with Crippen LogP contribution in [0.3, 0.4) is 0 Å². The lowest BCUT2D eigenvalue weighted by Crippen LogP contribution is -2.28. The lowest BCUT2D eigenvalue weighted by Gasteiger charge is -2.15. The van der Waals surface area contributed by atoms with Gasteiger partial charge in [0.05, 0.1) is 17.1 Å². The molecule has 0 aliphatic carbocycles. The van der Waals surface area contributed by atoms with Crippen LogP contribution in [0.15, 0.2) is 53.7 Å². The summed E-state index contributed by atoms with van der Waals surface area (Å²) < 4.78 is 28.5. The molecular formula is C20H22N4O3S. The number of imidazole rings is 1. The average Bonchev–Trinajstić information content (AvgIpc) is 3.36. The normalized spacial score (nSPS) is 15.2. The SMILES string of the molecule is Cc1ccn2cc(CNC(=O)c3ccc(S(=O)(=O)N4CCCC4)cc3)nc2c1. The van der Waals surface area contributed by atoms with Crippen molar-refractivity contribution < 1.29 is 13.2 Å². The van der Waals surface area contributed by atoms with Crippen LogP contribution in [-0.4, -0.2) is 41.1 Å². The molecule has 0 atom stereocenters. The van der Waals surface area contributed by atoms with Crippen LogP contribution in [0.2, 0.25) is 0 Å². The van der Waals surface area contributed by atoms with Crippen LogP contribution in [0.1, 0.15) is 34.5 Å². The molecule has 28 heavy (non-hydrogen) atoms. The van der Waals surface area contributed by atoms with Crippen LogP contribution < -0.4 is 5.32 Å². The van der Waals surface area contributed by atoms with E-state index in [2.05, 4.69) is 10.3 Å². The van der Waals surface area contributed by atoms with Crippen LogP contribution in [0.4, 0.5) is 0 Å². The standard InChI is InChI=1S/C20H22N4O3S/c1-15-8-11-23-14-17(22-19(23)12-15)13-21-20(25)16-4-6-18(7-5-16)28(26,27)24-9-2-3-10-24/h4-8,11-12,14H,2-3,9-10,13H2,1H3,(H,21,25). The monoisotopic (exact) mass is 398 g/mol. The van der Waals surface area contributed by atoms with Crippen molar-refractivity contribution >= 4 is 21.6 Å². The van der Waals surface area contributed by atoms with E-state index in [0.717, 1.165) is 29.7 Å². The third-order valence-electron chi connectivity index (χ3n) is 4.91. The number of nitrogens with zero attached hydrogens (tertiary/aromatic N) is 3. The molecule has 0 spiro atoms. The van der Waals surface area contributed by atoms with Gasteiger partial charge in [-0.3, -0.25) is 4.79 Å². The predicted molar refractivity (Wildman–Crippen MR) is 106 cm³/mol. The molecule has 3 aromatic rings. The Balaban J connectivity index is 1.43. The van der Waals surface area contributed by atoms with Gasteiger partial charge in [-0.1, -0.05) is 0 Å². The van der Waals surface area contributed by atoms with E-state index in [1.807, 2.05) is 35.9 Å². The van der Waals surface area contributed by atoms with Gasteiger partial charge < -0.3 is 9.72 Å². The molecule has 1 aliphatic heterocycles. The van der Waals surface area contributed by atoms with Crippen molar-refractivity contribution in [2.75, 3.05) is 13.1 Å². The number of aromatic nitrogens is 2. The molecular weight excluding hydrogens is 376 g/mol. The molecule has 3 heterocycles. The fourth-order valence-corrected chi connectivity index (χ4v) is 4.87. The topological polar surface area (TPSA) is 83.8 Å². The van der Waals surface area contributed by atoms with E-state index in [4.69, 9.17) is 0 Å². The van der Waals surface area contributed by atoms with Crippen molar-refractivity contribution in [3.8, 4) is 0 Å². The maximum Gasteiger partial charge on any atom is 0.251 e. The van der Waals surface area contributed by atoms with Gasteiger partial charge in [0.1, 0.15) is 5.65 Å². The van der Waals surface area contributed by atoms with Crippen molar-refractivity contribution in [3.63, 3.8) is 0 Å². The summed E-state index contributed by atoms with van der Waals surface area (Å²) in [7, 11) is -3.47. The zero-order valence-corrected chi connectivity index (χ0v) is 16.4. The molecule has 1 N–H and O–H groups in total. The highest BCUT2D eigenvalue weighted by Crippen LogP contribution is 2.21. The van der Waals surface area contributed by atoms with Crippen LogP contribution in [0, 0.1) is 6.92 Å². The van der Waals surface area contributed by atoms with E-state index in [9.17, 15) is 13.2 Å². The number of hydrogen-bond donors (Lipinski definition) is 1. The van der Waals surface area contributed by atoms with Crippen molar-refractivity contribution in [1.29, 1.82) is 0 Å². The second-order valence-electron chi connectivity index (χ2n) is 7.02. The molecule has 1 amide bonds. The van der Waals surface area contributed by atoms with E-state index in [1.54, 1.807) is 12.1 Å². The van der Waals surface area contributed by atoms with Gasteiger partial charge in [0.15, 0.2) is 0 Å². The third-order valence-corrected chi connectivity index (χ3v) is 6.83. The van der Waals surface area contributed by atoms with E-state index in [1.165, 1.54) is 16.4 Å². The Kier molecular flexibility index (Phi) is 4.91. The van der Waals surface area contributed by atoms with Crippen LogP contribution in [0.25, 0.3) is 5.65 Å². The van der Waals surface area contributed by atoms with E-state index < -0.39 is 10.0 Å². The predicted octanol–water partition coefficient (Wildman–Crippen LogP) is 2.36. The molecule has 4 rings (SSSR count). The fraction of sp³-hybridized carbons (Fsp3) is 0.300. The lowest BCUT2D eigenvalue weighted by molar-refractivity contribution is 0.0950. The zero-order valence-electron chi connectivity index (χ0n) is 15.6. The molecule has 0 radical (unpaired) electrons. The Morgan fingerprint density at radius 3 is 2.57 bits per heavy atom. The highest BCUT2D eigenvalue weighted by Gasteiger charge is 2.27. The second kappa shape index (κ2) is 7.37. The van der Waals surface area contributed by atoms with Crippen molar-refractivity contribution in [2.24, 2.45) is 0 Å². The zero-order chi connectivity index (χ0) is 19.7. The lowest BCUT2D eigenvalue weighted by atomic mass is 10.2. The number of carbonyl (C=O) groups excluding carboxylic acids is 1. The first-order chi connectivity index (χ1) is 13.4. The number of aryl methyl sites for hydroxylation is 1. The largest absolute Gasteiger partial charge is 0.346 e. The number of hydrogen-bond acceptors (Lipinski definition) is 4. The summed E-state index contributed by atoms with van der Waals surface area (Å²) >= 11 is 0. The minimum absolute atomic E-state index is 0.224. The number of benzene rings is 1. The van der Waals surface area contributed by atoms with Gasteiger partial charge in [0, 0.05) is 31.0 Å². The number of fused-ring (bicyclic) bond motifs is 1. The quantitative estimate of drug-likeness (QED) is 0.715. The van der Waals surface area contributed by atoms with Gasteiger partial charge >= 0.3 is 0 Å². The molecule has 146 valence electrons. The van der Waals surface area contributed by atoms with Gasteiger partial charge in [-0.15, -0.1) is 0 Å². The van der Waals surface area contributed by atoms with E-state index in [-0.39, 0.29) is 10.8 Å². The van der Waals surface area contributed by atoms with Gasteiger partial charge in [0.2, 0.25) is 10.0 Å². The molecule has 1 fully saturated rings.